The summed E-state index contributed by atoms with van der Waals surface area (Å²) in [5.41, 5.74) is 0.626. The van der Waals surface area contributed by atoms with Gasteiger partial charge >= 0.3 is 5.97 Å². The van der Waals surface area contributed by atoms with Crippen LogP contribution in [-0.4, -0.2) is 22.0 Å². The number of carbonyl (C=O) groups is 1. The third-order valence-electron chi connectivity index (χ3n) is 4.02. The Balaban J connectivity index is 1.84. The van der Waals surface area contributed by atoms with E-state index in [1.54, 1.807) is 0 Å². The van der Waals surface area contributed by atoms with Crippen molar-refractivity contribution in [2.45, 2.75) is 56.3 Å². The first-order chi connectivity index (χ1) is 8.96. The van der Waals surface area contributed by atoms with E-state index in [-0.39, 0.29) is 18.8 Å². The van der Waals surface area contributed by atoms with Gasteiger partial charge in [0.05, 0.1) is 10.7 Å². The molecule has 1 fully saturated rings. The molecule has 0 spiro atoms. The fourth-order valence-corrected chi connectivity index (χ4v) is 4.32. The first kappa shape index (κ1) is 13.0. The number of fused-ring (bicyclic) bond motifs is 1. The first-order valence-corrected chi connectivity index (χ1v) is 7.38. The van der Waals surface area contributed by atoms with E-state index in [0.717, 1.165) is 16.3 Å². The van der Waals surface area contributed by atoms with Gasteiger partial charge in [0.25, 0.3) is 0 Å². The molecule has 0 radical (unpaired) electrons. The normalized spacial score (nSPS) is 29.2. The van der Waals surface area contributed by atoms with E-state index in [1.165, 1.54) is 11.3 Å². The molecule has 2 unspecified atom stereocenters. The van der Waals surface area contributed by atoms with Crippen molar-refractivity contribution >= 4 is 17.3 Å². The summed E-state index contributed by atoms with van der Waals surface area (Å²) in [6.45, 7) is 0. The quantitative estimate of drug-likeness (QED) is 0.905. The highest BCUT2D eigenvalue weighted by Crippen LogP contribution is 2.45. The van der Waals surface area contributed by atoms with Crippen LogP contribution in [0.2, 0.25) is 0 Å². The van der Waals surface area contributed by atoms with Crippen LogP contribution in [0, 0.1) is 0 Å². The SMILES string of the molecule is O=C(O)C1CCc2sc(C3CCCC(F)(F)C3)nc21. The van der Waals surface area contributed by atoms with Crippen molar-refractivity contribution in [2.75, 3.05) is 0 Å². The van der Waals surface area contributed by atoms with Crippen LogP contribution in [0.3, 0.4) is 0 Å². The summed E-state index contributed by atoms with van der Waals surface area (Å²) in [5.74, 6) is -4.19. The Morgan fingerprint density at radius 2 is 2.21 bits per heavy atom. The molecular formula is C13H15F2NO2S. The number of carboxylic acids is 1. The number of rotatable bonds is 2. The summed E-state index contributed by atoms with van der Waals surface area (Å²) >= 11 is 1.44. The number of nitrogens with zero attached hydrogens (tertiary/aromatic N) is 1. The molecule has 104 valence electrons. The number of aliphatic carboxylic acids is 1. The Kier molecular flexibility index (Phi) is 3.08. The maximum absolute atomic E-state index is 13.4. The van der Waals surface area contributed by atoms with Gasteiger partial charge in [0.1, 0.15) is 5.92 Å². The molecule has 2 atom stereocenters. The van der Waals surface area contributed by atoms with Crippen molar-refractivity contribution in [3.05, 3.63) is 15.6 Å². The zero-order valence-corrected chi connectivity index (χ0v) is 11.2. The molecule has 0 amide bonds. The van der Waals surface area contributed by atoms with E-state index in [2.05, 4.69) is 4.98 Å². The van der Waals surface area contributed by atoms with E-state index in [4.69, 9.17) is 5.11 Å². The van der Waals surface area contributed by atoms with Gasteiger partial charge in [-0.3, -0.25) is 4.79 Å². The molecule has 1 aromatic rings. The summed E-state index contributed by atoms with van der Waals surface area (Å²) in [6, 6.07) is 0. The number of aryl methyl sites for hydroxylation is 1. The van der Waals surface area contributed by atoms with Gasteiger partial charge in [-0.1, -0.05) is 0 Å². The monoisotopic (exact) mass is 287 g/mol. The van der Waals surface area contributed by atoms with Gasteiger partial charge in [-0.2, -0.15) is 0 Å². The number of halogens is 2. The number of hydrogen-bond donors (Lipinski definition) is 1. The van der Waals surface area contributed by atoms with Crippen LogP contribution < -0.4 is 0 Å². The van der Waals surface area contributed by atoms with E-state index in [0.29, 0.717) is 25.0 Å². The number of aromatic nitrogens is 1. The summed E-state index contributed by atoms with van der Waals surface area (Å²) in [6.07, 6.45) is 2.38. The highest BCUT2D eigenvalue weighted by molar-refractivity contribution is 7.11. The molecule has 2 aliphatic carbocycles. The van der Waals surface area contributed by atoms with Crippen LogP contribution in [0.5, 0.6) is 0 Å². The molecule has 1 aromatic heterocycles. The Labute approximate surface area is 113 Å². The van der Waals surface area contributed by atoms with Gasteiger partial charge in [0.15, 0.2) is 0 Å². The van der Waals surface area contributed by atoms with Crippen LogP contribution in [-0.2, 0) is 11.2 Å². The molecule has 1 saturated carbocycles. The number of thiazole rings is 1. The van der Waals surface area contributed by atoms with Gasteiger partial charge in [-0.25, -0.2) is 13.8 Å². The Bertz CT molecular complexity index is 515. The van der Waals surface area contributed by atoms with Crippen molar-refractivity contribution in [3.8, 4) is 0 Å². The molecule has 1 N–H and O–H groups in total. The maximum atomic E-state index is 13.4. The molecule has 3 nitrogen and oxygen atoms in total. The van der Waals surface area contributed by atoms with Crippen molar-refractivity contribution in [1.82, 2.24) is 4.98 Å². The summed E-state index contributed by atoms with van der Waals surface area (Å²) in [4.78, 5) is 16.5. The predicted molar refractivity (Wildman–Crippen MR) is 67.0 cm³/mol. The van der Waals surface area contributed by atoms with Crippen molar-refractivity contribution in [2.24, 2.45) is 0 Å². The van der Waals surface area contributed by atoms with Crippen LogP contribution >= 0.6 is 11.3 Å². The molecule has 0 aromatic carbocycles. The molecule has 0 saturated heterocycles. The van der Waals surface area contributed by atoms with Gasteiger partial charge in [-0.05, 0) is 25.7 Å². The topological polar surface area (TPSA) is 50.2 Å². The predicted octanol–water partition coefficient (Wildman–Crippen LogP) is 3.55. The second-order valence-electron chi connectivity index (χ2n) is 5.44. The third kappa shape index (κ3) is 2.38. The minimum atomic E-state index is -2.59. The highest BCUT2D eigenvalue weighted by atomic mass is 32.1. The van der Waals surface area contributed by atoms with Crippen LogP contribution in [0.15, 0.2) is 0 Å². The third-order valence-corrected chi connectivity index (χ3v) is 5.32. The summed E-state index contributed by atoms with van der Waals surface area (Å²) < 4.78 is 26.9. The zero-order chi connectivity index (χ0) is 13.6. The lowest BCUT2D eigenvalue weighted by molar-refractivity contribution is -0.138. The molecule has 19 heavy (non-hydrogen) atoms. The van der Waals surface area contributed by atoms with Gasteiger partial charge in [0.2, 0.25) is 5.92 Å². The van der Waals surface area contributed by atoms with Crippen molar-refractivity contribution < 1.29 is 18.7 Å². The number of hydrogen-bond acceptors (Lipinski definition) is 3. The van der Waals surface area contributed by atoms with Crippen LogP contribution in [0.1, 0.15) is 59.5 Å². The average molecular weight is 287 g/mol. The lowest BCUT2D eigenvalue weighted by atomic mass is 9.87. The van der Waals surface area contributed by atoms with Crippen molar-refractivity contribution in [1.29, 1.82) is 0 Å². The first-order valence-electron chi connectivity index (χ1n) is 6.56. The van der Waals surface area contributed by atoms with E-state index in [9.17, 15) is 13.6 Å². The van der Waals surface area contributed by atoms with Crippen molar-refractivity contribution in [3.63, 3.8) is 0 Å². The number of alkyl halides is 2. The lowest BCUT2D eigenvalue weighted by Gasteiger charge is -2.27. The number of carboxylic acid groups (broad SMARTS) is 1. The van der Waals surface area contributed by atoms with Gasteiger partial charge in [-0.15, -0.1) is 11.3 Å². The van der Waals surface area contributed by atoms with E-state index in [1.807, 2.05) is 0 Å². The molecular weight excluding hydrogens is 272 g/mol. The minimum absolute atomic E-state index is 0.0354. The Morgan fingerprint density at radius 1 is 1.42 bits per heavy atom. The molecule has 6 heteroatoms. The fourth-order valence-electron chi connectivity index (χ4n) is 3.04. The smallest absolute Gasteiger partial charge is 0.312 e. The summed E-state index contributed by atoms with van der Waals surface area (Å²) in [7, 11) is 0. The molecule has 2 aliphatic rings. The van der Waals surface area contributed by atoms with E-state index >= 15 is 0 Å². The van der Waals surface area contributed by atoms with Gasteiger partial charge in [0, 0.05) is 23.6 Å². The van der Waals surface area contributed by atoms with Crippen LogP contribution in [0.25, 0.3) is 0 Å². The highest BCUT2D eigenvalue weighted by Gasteiger charge is 2.40. The van der Waals surface area contributed by atoms with Crippen LogP contribution in [0.4, 0.5) is 8.78 Å². The molecule has 0 aliphatic heterocycles. The fraction of sp³-hybridized carbons (Fsp3) is 0.692. The van der Waals surface area contributed by atoms with E-state index < -0.39 is 17.8 Å². The maximum Gasteiger partial charge on any atom is 0.312 e. The minimum Gasteiger partial charge on any atom is -0.481 e. The lowest BCUT2D eigenvalue weighted by Crippen LogP contribution is -2.24. The second-order valence-corrected chi connectivity index (χ2v) is 6.55. The standard InChI is InChI=1S/C13H15F2NO2S/c14-13(15)5-1-2-7(6-13)11-16-10-8(12(17)18)3-4-9(10)19-11/h7-8H,1-6H2,(H,17,18). The Morgan fingerprint density at radius 3 is 2.89 bits per heavy atom. The molecule has 1 heterocycles. The second kappa shape index (κ2) is 4.51. The van der Waals surface area contributed by atoms with Gasteiger partial charge < -0.3 is 5.11 Å². The molecule has 0 bridgehead atoms. The zero-order valence-electron chi connectivity index (χ0n) is 10.4. The Hall–Kier alpha value is -1.04. The average Bonchev–Trinajstić information content (AvgIpc) is 2.85. The summed E-state index contributed by atoms with van der Waals surface area (Å²) in [5, 5.41) is 9.83. The largest absolute Gasteiger partial charge is 0.481 e. The molecule has 3 rings (SSSR count).